The molecule has 1 saturated carbocycles. The van der Waals surface area contributed by atoms with Crippen LogP contribution in [0.2, 0.25) is 0 Å². The molecule has 1 aliphatic carbocycles. The fourth-order valence-electron chi connectivity index (χ4n) is 3.83. The predicted molar refractivity (Wildman–Crippen MR) is 106 cm³/mol. The van der Waals surface area contributed by atoms with Gasteiger partial charge in [-0.25, -0.2) is 0 Å². The third kappa shape index (κ3) is 3.10. The van der Waals surface area contributed by atoms with E-state index in [1.807, 2.05) is 22.9 Å². The van der Waals surface area contributed by atoms with Crippen LogP contribution >= 0.6 is 0 Å². The van der Waals surface area contributed by atoms with Gasteiger partial charge < -0.3 is 15.5 Å². The number of fused-ring (bicyclic) bond motifs is 2. The number of aromatic nitrogens is 2. The molecule has 0 unspecified atom stereocenters. The number of hydrogen-bond donors (Lipinski definition) is 2. The minimum absolute atomic E-state index is 0.440. The Morgan fingerprint density at radius 3 is 2.78 bits per heavy atom. The predicted octanol–water partition coefficient (Wildman–Crippen LogP) is 4.33. The van der Waals surface area contributed by atoms with Gasteiger partial charge in [-0.3, -0.25) is 4.68 Å². The van der Waals surface area contributed by atoms with Gasteiger partial charge in [-0.15, -0.1) is 0 Å². The Labute approximate surface area is 158 Å². The first-order valence-electron chi connectivity index (χ1n) is 9.43. The van der Waals surface area contributed by atoms with Crippen molar-refractivity contribution >= 4 is 11.9 Å². The van der Waals surface area contributed by atoms with Crippen molar-refractivity contribution in [3.05, 3.63) is 65.9 Å². The van der Waals surface area contributed by atoms with Crippen molar-refractivity contribution in [3.63, 3.8) is 0 Å². The molecule has 0 radical (unpaired) electrons. The topological polar surface area (TPSA) is 62.9 Å². The van der Waals surface area contributed by atoms with E-state index < -0.39 is 0 Å². The summed E-state index contributed by atoms with van der Waals surface area (Å²) in [5.74, 6) is 1.37. The Kier molecular flexibility index (Phi) is 3.93. The van der Waals surface area contributed by atoms with Gasteiger partial charge in [0.15, 0.2) is 0 Å². The van der Waals surface area contributed by atoms with Crippen LogP contribution in [0.5, 0.6) is 5.75 Å². The van der Waals surface area contributed by atoms with Crippen molar-refractivity contribution in [3.8, 4) is 17.0 Å². The smallest absolute Gasteiger partial charge is 0.130 e. The van der Waals surface area contributed by atoms with Gasteiger partial charge in [0, 0.05) is 28.9 Å². The second-order valence-corrected chi connectivity index (χ2v) is 7.40. The summed E-state index contributed by atoms with van der Waals surface area (Å²) in [5.41, 5.74) is 5.44. The third-order valence-corrected chi connectivity index (χ3v) is 5.48. The largest absolute Gasteiger partial charge is 0.487 e. The van der Waals surface area contributed by atoms with Crippen LogP contribution in [0.25, 0.3) is 11.3 Å². The van der Waals surface area contributed by atoms with Crippen molar-refractivity contribution in [2.45, 2.75) is 32.0 Å². The molecule has 0 amide bonds. The van der Waals surface area contributed by atoms with Gasteiger partial charge in [-0.2, -0.15) is 5.10 Å². The summed E-state index contributed by atoms with van der Waals surface area (Å²) < 4.78 is 8.15. The van der Waals surface area contributed by atoms with E-state index in [9.17, 15) is 0 Å². The maximum absolute atomic E-state index is 7.32. The lowest BCUT2D eigenvalue weighted by Crippen LogP contribution is -2.35. The zero-order valence-corrected chi connectivity index (χ0v) is 15.1. The molecule has 1 aliphatic heterocycles. The van der Waals surface area contributed by atoms with Crippen molar-refractivity contribution in [1.82, 2.24) is 9.78 Å². The van der Waals surface area contributed by atoms with Gasteiger partial charge in [-0.05, 0) is 37.1 Å². The van der Waals surface area contributed by atoms with Crippen molar-refractivity contribution in [2.24, 2.45) is 5.92 Å². The van der Waals surface area contributed by atoms with Crippen molar-refractivity contribution < 1.29 is 4.74 Å². The van der Waals surface area contributed by atoms with Crippen LogP contribution in [0, 0.1) is 11.3 Å². The lowest BCUT2D eigenvalue weighted by molar-refractivity contribution is 0.301. The molecular formula is C22H22N4O. The van der Waals surface area contributed by atoms with E-state index >= 15 is 0 Å². The second-order valence-electron chi connectivity index (χ2n) is 7.40. The fourth-order valence-corrected chi connectivity index (χ4v) is 3.83. The Hall–Kier alpha value is -3.08. The Morgan fingerprint density at radius 1 is 1.11 bits per heavy atom. The summed E-state index contributed by atoms with van der Waals surface area (Å²) >= 11 is 0. The Balaban J connectivity index is 1.35. The van der Waals surface area contributed by atoms with Gasteiger partial charge in [-0.1, -0.05) is 36.4 Å². The first kappa shape index (κ1) is 16.1. The zero-order valence-electron chi connectivity index (χ0n) is 15.1. The molecule has 2 N–H and O–H groups in total. The average Bonchev–Trinajstić information content (AvgIpc) is 2.99. The maximum Gasteiger partial charge on any atom is 0.130 e. The third-order valence-electron chi connectivity index (χ3n) is 5.48. The van der Waals surface area contributed by atoms with Crippen molar-refractivity contribution in [1.29, 1.82) is 5.41 Å². The van der Waals surface area contributed by atoms with Crippen LogP contribution in [0.1, 0.15) is 24.1 Å². The summed E-state index contributed by atoms with van der Waals surface area (Å²) in [6, 6.07) is 19.2. The highest BCUT2D eigenvalue weighted by molar-refractivity contribution is 5.61. The lowest BCUT2D eigenvalue weighted by atomic mass is 9.81. The SMILES string of the molecule is N=C[C@H]1C[C@H](Nc2ccc3c(c2)OCc2cc(-c4ccccc4)nn2C3)C1. The molecule has 0 bridgehead atoms. The highest BCUT2D eigenvalue weighted by Gasteiger charge is 2.27. The van der Waals surface area contributed by atoms with Gasteiger partial charge >= 0.3 is 0 Å². The number of nitrogens with zero attached hydrogens (tertiary/aromatic N) is 2. The van der Waals surface area contributed by atoms with Crippen LogP contribution in [-0.2, 0) is 13.2 Å². The highest BCUT2D eigenvalue weighted by Crippen LogP contribution is 2.33. The Morgan fingerprint density at radius 2 is 1.96 bits per heavy atom. The molecule has 3 aromatic rings. The van der Waals surface area contributed by atoms with Gasteiger partial charge in [0.2, 0.25) is 0 Å². The molecule has 5 rings (SSSR count). The maximum atomic E-state index is 7.32. The summed E-state index contributed by atoms with van der Waals surface area (Å²) in [5, 5.41) is 15.7. The zero-order chi connectivity index (χ0) is 18.2. The van der Waals surface area contributed by atoms with E-state index in [-0.39, 0.29) is 0 Å². The monoisotopic (exact) mass is 358 g/mol. The normalized spacial score (nSPS) is 20.4. The van der Waals surface area contributed by atoms with E-state index in [1.165, 1.54) is 0 Å². The number of nitrogens with one attached hydrogen (secondary N) is 2. The minimum Gasteiger partial charge on any atom is -0.487 e. The van der Waals surface area contributed by atoms with Gasteiger partial charge in [0.25, 0.3) is 0 Å². The standard InChI is InChI=1S/C22H22N4O/c23-12-15-8-19(9-15)24-18-7-6-17-13-26-20(14-27-22(17)10-18)11-21(25-26)16-4-2-1-3-5-16/h1-7,10-12,15,19,23-24H,8-9,13-14H2/t15-,19-. The van der Waals surface area contributed by atoms with Crippen molar-refractivity contribution in [2.75, 3.05) is 5.32 Å². The highest BCUT2D eigenvalue weighted by atomic mass is 16.5. The summed E-state index contributed by atoms with van der Waals surface area (Å²) in [6.45, 7) is 1.24. The molecule has 0 atom stereocenters. The number of rotatable bonds is 4. The molecule has 5 heteroatoms. The quantitative estimate of drug-likeness (QED) is 0.682. The Bertz CT molecular complexity index is 973. The average molecular weight is 358 g/mol. The molecule has 2 aromatic carbocycles. The molecule has 2 aliphatic rings. The van der Waals surface area contributed by atoms with E-state index in [0.29, 0.717) is 18.6 Å². The summed E-state index contributed by atoms with van der Waals surface area (Å²) in [4.78, 5) is 0. The fraction of sp³-hybridized carbons (Fsp3) is 0.273. The molecule has 2 heterocycles. The summed E-state index contributed by atoms with van der Waals surface area (Å²) in [6.07, 6.45) is 3.64. The van der Waals surface area contributed by atoms with Crippen LogP contribution in [-0.4, -0.2) is 22.0 Å². The molecular weight excluding hydrogens is 336 g/mol. The number of hydrogen-bond acceptors (Lipinski definition) is 4. The van der Waals surface area contributed by atoms with E-state index in [0.717, 1.165) is 53.3 Å². The molecule has 1 aromatic heterocycles. The first-order chi connectivity index (χ1) is 13.3. The lowest BCUT2D eigenvalue weighted by Gasteiger charge is -2.34. The summed E-state index contributed by atoms with van der Waals surface area (Å²) in [7, 11) is 0. The molecule has 136 valence electrons. The second kappa shape index (κ2) is 6.58. The van der Waals surface area contributed by atoms with Gasteiger partial charge in [0.05, 0.1) is 17.9 Å². The van der Waals surface area contributed by atoms with Crippen LogP contribution in [0.15, 0.2) is 54.6 Å². The van der Waals surface area contributed by atoms with E-state index in [4.69, 9.17) is 15.2 Å². The van der Waals surface area contributed by atoms with Crippen LogP contribution < -0.4 is 10.1 Å². The minimum atomic E-state index is 0.440. The van der Waals surface area contributed by atoms with E-state index in [1.54, 1.807) is 6.21 Å². The molecule has 0 saturated heterocycles. The van der Waals surface area contributed by atoms with Crippen LogP contribution in [0.4, 0.5) is 5.69 Å². The number of benzene rings is 2. The molecule has 27 heavy (non-hydrogen) atoms. The molecule has 1 fully saturated rings. The molecule has 5 nitrogen and oxygen atoms in total. The molecule has 0 spiro atoms. The first-order valence-corrected chi connectivity index (χ1v) is 9.43. The van der Waals surface area contributed by atoms with E-state index in [2.05, 4.69) is 41.7 Å². The number of ether oxygens (including phenoxy) is 1. The number of anilines is 1. The van der Waals surface area contributed by atoms with Crippen LogP contribution in [0.3, 0.4) is 0 Å². The van der Waals surface area contributed by atoms with Gasteiger partial charge in [0.1, 0.15) is 12.4 Å².